The maximum atomic E-state index is 11.7. The number of primary amides is 1. The van der Waals surface area contributed by atoms with Crippen LogP contribution in [0.1, 0.15) is 16.1 Å². The lowest BCUT2D eigenvalue weighted by atomic mass is 10.2. The number of aromatic nitrogens is 1. The smallest absolute Gasteiger partial charge is 0.260 e. The van der Waals surface area contributed by atoms with Crippen molar-refractivity contribution in [1.82, 2.24) is 4.98 Å². The number of rotatable bonds is 3. The lowest BCUT2D eigenvalue weighted by molar-refractivity contribution is 0.100. The first kappa shape index (κ1) is 17.9. The lowest BCUT2D eigenvalue weighted by Gasteiger charge is -2.25. The van der Waals surface area contributed by atoms with Crippen molar-refractivity contribution in [2.75, 3.05) is 41.7 Å². The zero-order valence-electron chi connectivity index (χ0n) is 14.7. The summed E-state index contributed by atoms with van der Waals surface area (Å²) in [5, 5.41) is 1.57. The number of carbonyl (C=O) groups is 1. The summed E-state index contributed by atoms with van der Waals surface area (Å²) >= 11 is 7.26. The zero-order chi connectivity index (χ0) is 19.0. The Labute approximate surface area is 166 Å². The molecule has 0 radical (unpaired) electrons. The van der Waals surface area contributed by atoms with Gasteiger partial charge in [-0.1, -0.05) is 11.6 Å². The van der Waals surface area contributed by atoms with Crippen LogP contribution in [0.15, 0.2) is 36.5 Å². The van der Waals surface area contributed by atoms with Crippen molar-refractivity contribution < 1.29 is 4.79 Å². The molecule has 4 N–H and O–H groups in total. The van der Waals surface area contributed by atoms with Crippen LogP contribution in [0, 0.1) is 0 Å². The molecule has 0 saturated carbocycles. The SMILES string of the molecule is NC(=O)c1sc2nccc(N3CCCN(c4ccc(Cl)cc4)CC3)c2c1N. The van der Waals surface area contributed by atoms with E-state index in [-0.39, 0.29) is 0 Å². The highest BCUT2D eigenvalue weighted by atomic mass is 35.5. The first-order chi connectivity index (χ1) is 13.0. The molecule has 1 aromatic carbocycles. The van der Waals surface area contributed by atoms with Gasteiger partial charge in [-0.15, -0.1) is 11.3 Å². The molecule has 140 valence electrons. The fourth-order valence-corrected chi connectivity index (χ4v) is 4.61. The van der Waals surface area contributed by atoms with Crippen LogP contribution in [0.3, 0.4) is 0 Å². The van der Waals surface area contributed by atoms with Crippen molar-refractivity contribution in [3.05, 3.63) is 46.4 Å². The topological polar surface area (TPSA) is 88.5 Å². The van der Waals surface area contributed by atoms with Gasteiger partial charge in [0, 0.05) is 43.1 Å². The molecule has 1 aliphatic rings. The van der Waals surface area contributed by atoms with Gasteiger partial charge >= 0.3 is 0 Å². The summed E-state index contributed by atoms with van der Waals surface area (Å²) < 4.78 is 0. The zero-order valence-corrected chi connectivity index (χ0v) is 16.3. The van der Waals surface area contributed by atoms with Gasteiger partial charge in [-0.3, -0.25) is 4.79 Å². The molecule has 6 nitrogen and oxygen atoms in total. The highest BCUT2D eigenvalue weighted by molar-refractivity contribution is 7.21. The molecule has 1 aliphatic heterocycles. The first-order valence-electron chi connectivity index (χ1n) is 8.77. The molecule has 3 heterocycles. The second-order valence-corrected chi connectivity index (χ2v) is 7.96. The van der Waals surface area contributed by atoms with Gasteiger partial charge < -0.3 is 21.3 Å². The number of thiophene rings is 1. The molecule has 1 amide bonds. The number of nitrogen functional groups attached to an aromatic ring is 1. The van der Waals surface area contributed by atoms with E-state index in [1.165, 1.54) is 17.0 Å². The summed E-state index contributed by atoms with van der Waals surface area (Å²) in [5.41, 5.74) is 14.3. The maximum Gasteiger partial charge on any atom is 0.260 e. The van der Waals surface area contributed by atoms with Gasteiger partial charge in [0.05, 0.1) is 16.8 Å². The van der Waals surface area contributed by atoms with Crippen LogP contribution in [0.2, 0.25) is 5.02 Å². The second-order valence-electron chi connectivity index (χ2n) is 6.52. The number of nitrogens with two attached hydrogens (primary N) is 2. The van der Waals surface area contributed by atoms with Crippen LogP contribution >= 0.6 is 22.9 Å². The normalized spacial score (nSPS) is 15.1. The van der Waals surface area contributed by atoms with Crippen LogP contribution < -0.4 is 21.3 Å². The summed E-state index contributed by atoms with van der Waals surface area (Å²) in [5.74, 6) is -0.508. The number of hydrogen-bond donors (Lipinski definition) is 2. The van der Waals surface area contributed by atoms with Crippen molar-refractivity contribution >= 4 is 56.1 Å². The van der Waals surface area contributed by atoms with Crippen molar-refractivity contribution in [3.63, 3.8) is 0 Å². The first-order valence-corrected chi connectivity index (χ1v) is 9.96. The highest BCUT2D eigenvalue weighted by Crippen LogP contribution is 2.38. The average Bonchev–Trinajstić information content (AvgIpc) is 2.85. The Bertz CT molecular complexity index is 988. The largest absolute Gasteiger partial charge is 0.397 e. The van der Waals surface area contributed by atoms with Crippen molar-refractivity contribution in [2.24, 2.45) is 5.73 Å². The number of carbonyl (C=O) groups excluding carboxylic acids is 1. The molecule has 4 rings (SSSR count). The Morgan fingerprint density at radius 1 is 1.07 bits per heavy atom. The molecule has 1 saturated heterocycles. The van der Waals surface area contributed by atoms with E-state index >= 15 is 0 Å². The van der Waals surface area contributed by atoms with Crippen LogP contribution in [0.5, 0.6) is 0 Å². The third-order valence-electron chi connectivity index (χ3n) is 4.86. The van der Waals surface area contributed by atoms with E-state index in [1.807, 2.05) is 18.2 Å². The molecule has 0 spiro atoms. The molecular weight excluding hydrogens is 382 g/mol. The standard InChI is InChI=1S/C19H20ClN5OS/c20-12-2-4-13(5-3-12)24-8-1-9-25(11-10-24)14-6-7-23-19-15(14)16(21)17(27-19)18(22)26/h2-7H,1,8-11,21H2,(H2,22,26). The Balaban J connectivity index is 1.63. The van der Waals surface area contributed by atoms with Gasteiger partial charge in [0.25, 0.3) is 5.91 Å². The van der Waals surface area contributed by atoms with E-state index < -0.39 is 5.91 Å². The van der Waals surface area contributed by atoms with E-state index in [1.54, 1.807) is 6.20 Å². The van der Waals surface area contributed by atoms with Gasteiger partial charge in [0.2, 0.25) is 0 Å². The van der Waals surface area contributed by atoms with E-state index in [2.05, 4.69) is 26.9 Å². The number of benzene rings is 1. The van der Waals surface area contributed by atoms with Gasteiger partial charge in [0.1, 0.15) is 9.71 Å². The predicted octanol–water partition coefficient (Wildman–Crippen LogP) is 3.35. The fourth-order valence-electron chi connectivity index (χ4n) is 3.54. The van der Waals surface area contributed by atoms with Crippen LogP contribution in [-0.4, -0.2) is 37.1 Å². The minimum absolute atomic E-state index is 0.377. The summed E-state index contributed by atoms with van der Waals surface area (Å²) in [6, 6.07) is 9.91. The minimum atomic E-state index is -0.508. The van der Waals surface area contributed by atoms with Crippen molar-refractivity contribution in [2.45, 2.75) is 6.42 Å². The second kappa shape index (κ2) is 7.25. The molecule has 8 heteroatoms. The lowest BCUT2D eigenvalue weighted by Crippen LogP contribution is -2.30. The summed E-state index contributed by atoms with van der Waals surface area (Å²) in [6.07, 6.45) is 2.78. The third-order valence-corrected chi connectivity index (χ3v) is 6.24. The Morgan fingerprint density at radius 2 is 1.78 bits per heavy atom. The Morgan fingerprint density at radius 3 is 2.52 bits per heavy atom. The Kier molecular flexibility index (Phi) is 4.80. The number of pyridine rings is 1. The van der Waals surface area contributed by atoms with Crippen LogP contribution in [0.4, 0.5) is 17.1 Å². The van der Waals surface area contributed by atoms with E-state index in [0.717, 1.165) is 53.5 Å². The van der Waals surface area contributed by atoms with Crippen LogP contribution in [0.25, 0.3) is 10.2 Å². The van der Waals surface area contributed by atoms with E-state index in [4.69, 9.17) is 23.1 Å². The quantitative estimate of drug-likeness (QED) is 0.702. The molecule has 27 heavy (non-hydrogen) atoms. The summed E-state index contributed by atoms with van der Waals surface area (Å²) in [4.78, 5) is 21.8. The number of halogens is 1. The highest BCUT2D eigenvalue weighted by Gasteiger charge is 2.22. The number of hydrogen-bond acceptors (Lipinski definition) is 6. The number of anilines is 3. The van der Waals surface area contributed by atoms with Gasteiger partial charge in [-0.2, -0.15) is 0 Å². The van der Waals surface area contributed by atoms with Gasteiger partial charge in [-0.05, 0) is 36.8 Å². The predicted molar refractivity (Wildman–Crippen MR) is 113 cm³/mol. The molecule has 0 bridgehead atoms. The molecule has 1 fully saturated rings. The van der Waals surface area contributed by atoms with Crippen LogP contribution in [-0.2, 0) is 0 Å². The van der Waals surface area contributed by atoms with Crippen molar-refractivity contribution in [3.8, 4) is 0 Å². The van der Waals surface area contributed by atoms with Gasteiger partial charge in [0.15, 0.2) is 0 Å². The maximum absolute atomic E-state index is 11.7. The average molecular weight is 402 g/mol. The molecule has 0 aliphatic carbocycles. The molecule has 3 aromatic rings. The molecule has 0 atom stereocenters. The van der Waals surface area contributed by atoms with Crippen molar-refractivity contribution in [1.29, 1.82) is 0 Å². The van der Waals surface area contributed by atoms with Gasteiger partial charge in [-0.25, -0.2) is 4.98 Å². The van der Waals surface area contributed by atoms with E-state index in [0.29, 0.717) is 10.6 Å². The monoisotopic (exact) mass is 401 g/mol. The summed E-state index contributed by atoms with van der Waals surface area (Å²) in [6.45, 7) is 3.61. The molecular formula is C19H20ClN5OS. The molecule has 0 unspecified atom stereocenters. The number of amides is 1. The number of nitrogens with zero attached hydrogens (tertiary/aromatic N) is 3. The number of fused-ring (bicyclic) bond motifs is 1. The minimum Gasteiger partial charge on any atom is -0.397 e. The Hall–Kier alpha value is -2.51. The fraction of sp³-hybridized carbons (Fsp3) is 0.263. The third kappa shape index (κ3) is 3.40. The molecule has 2 aromatic heterocycles. The van der Waals surface area contributed by atoms with E-state index in [9.17, 15) is 4.79 Å². The summed E-state index contributed by atoms with van der Waals surface area (Å²) in [7, 11) is 0.